The van der Waals surface area contributed by atoms with Crippen LogP contribution in [0.3, 0.4) is 0 Å². The van der Waals surface area contributed by atoms with Crippen molar-refractivity contribution in [3.8, 4) is 0 Å². The fraction of sp³-hybridized carbons (Fsp3) is 0.800. The number of ketones is 1. The predicted octanol–water partition coefficient (Wildman–Crippen LogP) is 10.2. The zero-order valence-corrected chi connectivity index (χ0v) is 25.0. The fourth-order valence-electron chi connectivity index (χ4n) is 10.7. The molecule has 4 fully saturated rings. The van der Waals surface area contributed by atoms with Gasteiger partial charge >= 0.3 is 6.18 Å². The molecular formula is C35H51F3O. The van der Waals surface area contributed by atoms with Crippen molar-refractivity contribution in [2.75, 3.05) is 0 Å². The Balaban J connectivity index is 1.30. The molecule has 0 N–H and O–H groups in total. The molecule has 4 aliphatic carbocycles. The van der Waals surface area contributed by atoms with Crippen molar-refractivity contribution in [3.63, 3.8) is 0 Å². The molecule has 0 aromatic heterocycles. The van der Waals surface area contributed by atoms with Crippen molar-refractivity contribution in [1.29, 1.82) is 0 Å². The van der Waals surface area contributed by atoms with Gasteiger partial charge in [-0.1, -0.05) is 66.0 Å². The predicted molar refractivity (Wildman–Crippen MR) is 152 cm³/mol. The van der Waals surface area contributed by atoms with E-state index in [9.17, 15) is 18.0 Å². The molecule has 4 aliphatic rings. The van der Waals surface area contributed by atoms with Crippen molar-refractivity contribution < 1.29 is 18.0 Å². The molecule has 4 saturated carbocycles. The van der Waals surface area contributed by atoms with Gasteiger partial charge < -0.3 is 0 Å². The first-order valence-electron chi connectivity index (χ1n) is 16.0. The first-order chi connectivity index (χ1) is 18.3. The topological polar surface area (TPSA) is 17.1 Å². The molecule has 5 rings (SSSR count). The standard InChI is InChI=1S/C35H51F3O/c1-22(2)7-6-8-23(3)28-15-16-29-26-13-14-30-27(21-24-9-11-25(12-10-24)35(36,37)38)32(39)18-20-34(30,5)31(26)17-19-33(28,29)4/h9-12,22-23,26-31H,6-8,13-21H2,1-5H3/t23-,26+,27+,28-,29+,30?,31+,33-,34+/m1/s1. The SMILES string of the molecule is CC(C)CCC[C@@H](C)[C@H]1CC[C@H]2[C@@H]3CCC4[C@H](Cc5ccc(C(F)(F)F)cc5)C(=O)CC[C@]4(C)[C@H]3CC[C@]12C. The highest BCUT2D eigenvalue weighted by Gasteiger charge is 2.61. The van der Waals surface area contributed by atoms with Crippen LogP contribution in [0.15, 0.2) is 24.3 Å². The third kappa shape index (κ3) is 5.36. The van der Waals surface area contributed by atoms with E-state index in [4.69, 9.17) is 0 Å². The molecule has 39 heavy (non-hydrogen) atoms. The average Bonchev–Trinajstić information content (AvgIpc) is 3.23. The van der Waals surface area contributed by atoms with Crippen molar-refractivity contribution in [1.82, 2.24) is 0 Å². The molecule has 1 nitrogen and oxygen atoms in total. The minimum Gasteiger partial charge on any atom is -0.299 e. The minimum atomic E-state index is -4.32. The first kappa shape index (κ1) is 29.2. The molecule has 0 bridgehead atoms. The molecule has 9 atom stereocenters. The van der Waals surface area contributed by atoms with Crippen LogP contribution in [0.2, 0.25) is 0 Å². The highest BCUT2D eigenvalue weighted by molar-refractivity contribution is 5.82. The number of benzene rings is 1. The Morgan fingerprint density at radius 2 is 1.51 bits per heavy atom. The average molecular weight is 545 g/mol. The van der Waals surface area contributed by atoms with Gasteiger partial charge in [-0.2, -0.15) is 13.2 Å². The molecule has 0 saturated heterocycles. The van der Waals surface area contributed by atoms with E-state index in [0.717, 1.165) is 48.0 Å². The molecule has 218 valence electrons. The van der Waals surface area contributed by atoms with Crippen LogP contribution < -0.4 is 0 Å². The Hall–Kier alpha value is -1.32. The maximum atomic E-state index is 13.3. The summed E-state index contributed by atoms with van der Waals surface area (Å²) in [5, 5.41) is 0. The van der Waals surface area contributed by atoms with Gasteiger partial charge in [-0.15, -0.1) is 0 Å². The van der Waals surface area contributed by atoms with E-state index in [1.807, 2.05) is 0 Å². The monoisotopic (exact) mass is 544 g/mol. The van der Waals surface area contributed by atoms with Gasteiger partial charge in [-0.25, -0.2) is 0 Å². The second kappa shape index (κ2) is 10.8. The zero-order chi connectivity index (χ0) is 28.2. The second-order valence-electron chi connectivity index (χ2n) is 15.1. The van der Waals surface area contributed by atoms with Gasteiger partial charge in [0.1, 0.15) is 5.78 Å². The van der Waals surface area contributed by atoms with E-state index >= 15 is 0 Å². The lowest BCUT2D eigenvalue weighted by Gasteiger charge is -2.62. The minimum absolute atomic E-state index is 0.0490. The maximum Gasteiger partial charge on any atom is 0.416 e. The molecule has 1 aromatic carbocycles. The van der Waals surface area contributed by atoms with Crippen LogP contribution in [0.25, 0.3) is 0 Å². The number of hydrogen-bond acceptors (Lipinski definition) is 1. The van der Waals surface area contributed by atoms with Crippen LogP contribution >= 0.6 is 0 Å². The molecule has 4 heteroatoms. The molecule has 0 radical (unpaired) electrons. The summed E-state index contributed by atoms with van der Waals surface area (Å²) in [5.74, 6) is 5.38. The Labute approximate surface area is 235 Å². The molecular weight excluding hydrogens is 493 g/mol. The lowest BCUT2D eigenvalue weighted by atomic mass is 9.43. The summed E-state index contributed by atoms with van der Waals surface area (Å²) < 4.78 is 39.3. The number of halogens is 3. The summed E-state index contributed by atoms with van der Waals surface area (Å²) in [6.45, 7) is 12.3. The van der Waals surface area contributed by atoms with Crippen LogP contribution in [0.5, 0.6) is 0 Å². The van der Waals surface area contributed by atoms with Crippen molar-refractivity contribution in [3.05, 3.63) is 35.4 Å². The van der Waals surface area contributed by atoms with Crippen LogP contribution in [-0.4, -0.2) is 5.78 Å². The molecule has 1 aromatic rings. The van der Waals surface area contributed by atoms with Gasteiger partial charge in [0.2, 0.25) is 0 Å². The number of carbonyl (C=O) groups is 1. The summed E-state index contributed by atoms with van der Waals surface area (Å²) >= 11 is 0. The smallest absolute Gasteiger partial charge is 0.299 e. The van der Waals surface area contributed by atoms with Gasteiger partial charge in [-0.3, -0.25) is 4.79 Å². The van der Waals surface area contributed by atoms with Gasteiger partial charge in [-0.05, 0) is 121 Å². The number of rotatable bonds is 7. The van der Waals surface area contributed by atoms with Gasteiger partial charge in [0.25, 0.3) is 0 Å². The lowest BCUT2D eigenvalue weighted by Crippen LogP contribution is -2.56. The van der Waals surface area contributed by atoms with Crippen LogP contribution in [0.4, 0.5) is 13.2 Å². The second-order valence-corrected chi connectivity index (χ2v) is 15.1. The highest BCUT2D eigenvalue weighted by atomic mass is 19.4. The number of alkyl halides is 3. The summed E-state index contributed by atoms with van der Waals surface area (Å²) in [4.78, 5) is 13.3. The Bertz CT molecular complexity index is 1010. The number of fused-ring (bicyclic) bond motifs is 5. The number of carbonyl (C=O) groups excluding carboxylic acids is 1. The fourth-order valence-corrected chi connectivity index (χ4v) is 10.7. The van der Waals surface area contributed by atoms with Crippen molar-refractivity contribution in [2.45, 2.75) is 118 Å². The Kier molecular flexibility index (Phi) is 8.10. The first-order valence-corrected chi connectivity index (χ1v) is 16.0. The lowest BCUT2D eigenvalue weighted by molar-refractivity contribution is -0.152. The van der Waals surface area contributed by atoms with E-state index in [0.29, 0.717) is 35.9 Å². The quantitative estimate of drug-likeness (QED) is 0.334. The Morgan fingerprint density at radius 3 is 2.18 bits per heavy atom. The van der Waals surface area contributed by atoms with Crippen molar-refractivity contribution in [2.24, 2.45) is 58.2 Å². The summed E-state index contributed by atoms with van der Waals surface area (Å²) in [6.07, 6.45) is 9.71. The van der Waals surface area contributed by atoms with E-state index < -0.39 is 11.7 Å². The Morgan fingerprint density at radius 1 is 0.846 bits per heavy atom. The van der Waals surface area contributed by atoms with E-state index in [1.165, 1.54) is 63.5 Å². The number of Topliss-reactive ketones (excluding diaryl/α,β-unsaturated/α-hetero) is 1. The molecule has 0 spiro atoms. The van der Waals surface area contributed by atoms with E-state index in [-0.39, 0.29) is 11.3 Å². The largest absolute Gasteiger partial charge is 0.416 e. The summed E-state index contributed by atoms with van der Waals surface area (Å²) in [5.41, 5.74) is 0.900. The summed E-state index contributed by atoms with van der Waals surface area (Å²) in [7, 11) is 0. The molecule has 0 heterocycles. The van der Waals surface area contributed by atoms with Gasteiger partial charge in [0.05, 0.1) is 5.56 Å². The van der Waals surface area contributed by atoms with Crippen LogP contribution in [-0.2, 0) is 17.4 Å². The third-order valence-corrected chi connectivity index (χ3v) is 12.7. The number of hydrogen-bond donors (Lipinski definition) is 0. The maximum absolute atomic E-state index is 13.3. The molecule has 1 unspecified atom stereocenters. The van der Waals surface area contributed by atoms with Crippen LogP contribution in [0.1, 0.15) is 116 Å². The van der Waals surface area contributed by atoms with E-state index in [2.05, 4.69) is 34.6 Å². The molecule has 0 amide bonds. The molecule has 0 aliphatic heterocycles. The van der Waals surface area contributed by atoms with Crippen LogP contribution in [0, 0.1) is 58.2 Å². The highest BCUT2D eigenvalue weighted by Crippen LogP contribution is 2.68. The van der Waals surface area contributed by atoms with E-state index in [1.54, 1.807) is 12.1 Å². The van der Waals surface area contributed by atoms with Crippen molar-refractivity contribution >= 4 is 5.78 Å². The summed E-state index contributed by atoms with van der Waals surface area (Å²) in [6, 6.07) is 5.56. The normalized spacial score (nSPS) is 39.3. The van der Waals surface area contributed by atoms with Gasteiger partial charge in [0.15, 0.2) is 0 Å². The zero-order valence-electron chi connectivity index (χ0n) is 25.0. The third-order valence-electron chi connectivity index (χ3n) is 12.7. The van der Waals surface area contributed by atoms with Gasteiger partial charge in [0, 0.05) is 12.3 Å².